The van der Waals surface area contributed by atoms with Crippen LogP contribution in [0.25, 0.3) is 11.0 Å². The van der Waals surface area contributed by atoms with E-state index in [0.717, 1.165) is 41.0 Å². The summed E-state index contributed by atoms with van der Waals surface area (Å²) < 4.78 is 2.18. The minimum Gasteiger partial charge on any atom is -0.354 e. The third kappa shape index (κ3) is 5.45. The Kier molecular flexibility index (Phi) is 8.76. The molecule has 1 amide bonds. The largest absolute Gasteiger partial charge is 0.354 e. The minimum absolute atomic E-state index is 0. The first-order chi connectivity index (χ1) is 12.1. The zero-order valence-electron chi connectivity index (χ0n) is 15.5. The molecule has 0 saturated carbocycles. The number of hydrogen-bond acceptors (Lipinski definition) is 3. The van der Waals surface area contributed by atoms with Crippen molar-refractivity contribution in [3.63, 3.8) is 0 Å². The fourth-order valence-electron chi connectivity index (χ4n) is 2.96. The van der Waals surface area contributed by atoms with E-state index in [4.69, 9.17) is 5.73 Å². The zero-order valence-corrected chi connectivity index (χ0v) is 17.1. The van der Waals surface area contributed by atoms with Crippen molar-refractivity contribution >= 4 is 41.8 Å². The van der Waals surface area contributed by atoms with Gasteiger partial charge in [0.2, 0.25) is 5.91 Å². The Hall–Kier alpha value is -2.08. The molecular formula is C20H26Cl2N4O. The van der Waals surface area contributed by atoms with Gasteiger partial charge in [0.25, 0.3) is 0 Å². The second-order valence-corrected chi connectivity index (χ2v) is 6.33. The number of nitrogens with one attached hydrogen (secondary N) is 1. The number of nitrogens with zero attached hydrogens (tertiary/aromatic N) is 2. The van der Waals surface area contributed by atoms with E-state index in [9.17, 15) is 4.79 Å². The van der Waals surface area contributed by atoms with Crippen molar-refractivity contribution in [2.75, 3.05) is 6.54 Å². The molecule has 7 heteroatoms. The fourth-order valence-corrected chi connectivity index (χ4v) is 2.96. The molecule has 1 heterocycles. The Morgan fingerprint density at radius 1 is 1.11 bits per heavy atom. The van der Waals surface area contributed by atoms with E-state index in [1.807, 2.05) is 56.3 Å². The third-order valence-electron chi connectivity index (χ3n) is 4.42. The first-order valence-corrected chi connectivity index (χ1v) is 8.58. The van der Waals surface area contributed by atoms with Crippen molar-refractivity contribution in [1.82, 2.24) is 14.9 Å². The summed E-state index contributed by atoms with van der Waals surface area (Å²) in [6, 6.07) is 15.2. The highest BCUT2D eigenvalue weighted by atomic mass is 35.5. The van der Waals surface area contributed by atoms with Crippen LogP contribution in [0.15, 0.2) is 48.5 Å². The third-order valence-corrected chi connectivity index (χ3v) is 4.42. The average molecular weight is 409 g/mol. The number of imidazole rings is 1. The maximum Gasteiger partial charge on any atom is 0.241 e. The van der Waals surface area contributed by atoms with Gasteiger partial charge in [-0.3, -0.25) is 4.79 Å². The number of para-hydroxylation sites is 2. The average Bonchev–Trinajstić information content (AvgIpc) is 2.94. The minimum atomic E-state index is -0.628. The molecule has 0 fully saturated rings. The molecule has 0 aliphatic carbocycles. The molecule has 2 aromatic carbocycles. The molecule has 1 unspecified atom stereocenters. The molecule has 3 rings (SSSR count). The van der Waals surface area contributed by atoms with Crippen LogP contribution in [-0.4, -0.2) is 22.0 Å². The van der Waals surface area contributed by atoms with E-state index in [1.165, 1.54) is 0 Å². The number of aromatic nitrogens is 2. The second-order valence-electron chi connectivity index (χ2n) is 6.33. The summed E-state index contributed by atoms with van der Waals surface area (Å²) in [6.45, 7) is 5.42. The van der Waals surface area contributed by atoms with Gasteiger partial charge in [-0.25, -0.2) is 4.98 Å². The summed E-state index contributed by atoms with van der Waals surface area (Å²) in [5.41, 5.74) is 10.2. The molecule has 0 bridgehead atoms. The van der Waals surface area contributed by atoms with Crippen LogP contribution in [0.4, 0.5) is 0 Å². The Labute approximate surface area is 172 Å². The van der Waals surface area contributed by atoms with E-state index < -0.39 is 6.04 Å². The number of hydrogen-bond donors (Lipinski definition) is 2. The predicted molar refractivity (Wildman–Crippen MR) is 115 cm³/mol. The van der Waals surface area contributed by atoms with Gasteiger partial charge in [0.1, 0.15) is 11.9 Å². The first kappa shape index (κ1) is 23.0. The number of carbonyl (C=O) groups is 1. The van der Waals surface area contributed by atoms with E-state index in [0.29, 0.717) is 6.54 Å². The summed E-state index contributed by atoms with van der Waals surface area (Å²) in [6.07, 6.45) is 0.827. The van der Waals surface area contributed by atoms with Crippen LogP contribution in [0, 0.1) is 13.8 Å². The predicted octanol–water partition coefficient (Wildman–Crippen LogP) is 3.70. The van der Waals surface area contributed by atoms with Gasteiger partial charge in [0.05, 0.1) is 11.0 Å². The van der Waals surface area contributed by atoms with Crippen LogP contribution in [0.1, 0.15) is 29.4 Å². The fraction of sp³-hybridized carbons (Fsp3) is 0.300. The van der Waals surface area contributed by atoms with Crippen molar-refractivity contribution in [3.8, 4) is 0 Å². The lowest BCUT2D eigenvalue weighted by atomic mass is 10.1. The molecular weight excluding hydrogens is 383 g/mol. The molecule has 1 aromatic heterocycles. The topological polar surface area (TPSA) is 72.9 Å². The van der Waals surface area contributed by atoms with Crippen LogP contribution in [0.2, 0.25) is 0 Å². The summed E-state index contributed by atoms with van der Waals surface area (Å²) in [5, 5.41) is 2.93. The SMILES string of the molecule is Cc1ccc(C(N)C(=O)NCCCn2c(C)nc3ccccc32)cc1.Cl.Cl. The van der Waals surface area contributed by atoms with E-state index in [1.54, 1.807) is 0 Å². The molecule has 0 aliphatic rings. The smallest absolute Gasteiger partial charge is 0.241 e. The first-order valence-electron chi connectivity index (χ1n) is 8.58. The van der Waals surface area contributed by atoms with Gasteiger partial charge in [0, 0.05) is 13.1 Å². The summed E-state index contributed by atoms with van der Waals surface area (Å²) in [4.78, 5) is 16.8. The standard InChI is InChI=1S/C20H24N4O.2ClH/c1-14-8-10-16(11-9-14)19(21)20(25)22-12-5-13-24-15(2)23-17-6-3-4-7-18(17)24;;/h3-4,6-11,19H,5,12-13,21H2,1-2H3,(H,22,25);2*1H. The van der Waals surface area contributed by atoms with Gasteiger partial charge in [-0.15, -0.1) is 24.8 Å². The number of nitrogens with two attached hydrogens (primary N) is 1. The summed E-state index contributed by atoms with van der Waals surface area (Å²) >= 11 is 0. The van der Waals surface area contributed by atoms with Crippen molar-refractivity contribution < 1.29 is 4.79 Å². The van der Waals surface area contributed by atoms with Gasteiger partial charge in [-0.2, -0.15) is 0 Å². The van der Waals surface area contributed by atoms with Crippen molar-refractivity contribution in [2.24, 2.45) is 5.73 Å². The van der Waals surface area contributed by atoms with Gasteiger partial charge in [-0.1, -0.05) is 42.0 Å². The van der Waals surface area contributed by atoms with Gasteiger partial charge in [0.15, 0.2) is 0 Å². The number of fused-ring (bicyclic) bond motifs is 1. The van der Waals surface area contributed by atoms with Crippen LogP contribution in [0.5, 0.6) is 0 Å². The lowest BCUT2D eigenvalue weighted by Gasteiger charge is -2.13. The van der Waals surface area contributed by atoms with Crippen LogP contribution < -0.4 is 11.1 Å². The maximum absolute atomic E-state index is 12.2. The monoisotopic (exact) mass is 408 g/mol. The Morgan fingerprint density at radius 3 is 2.48 bits per heavy atom. The lowest BCUT2D eigenvalue weighted by molar-refractivity contribution is -0.122. The molecule has 27 heavy (non-hydrogen) atoms. The van der Waals surface area contributed by atoms with E-state index in [2.05, 4.69) is 20.9 Å². The number of rotatable bonds is 6. The quantitative estimate of drug-likeness (QED) is 0.610. The highest BCUT2D eigenvalue weighted by molar-refractivity contribution is 5.85. The molecule has 1 atom stereocenters. The Bertz CT molecular complexity index is 877. The summed E-state index contributed by atoms with van der Waals surface area (Å²) in [7, 11) is 0. The van der Waals surface area contributed by atoms with Crippen LogP contribution in [-0.2, 0) is 11.3 Å². The van der Waals surface area contributed by atoms with E-state index in [-0.39, 0.29) is 30.7 Å². The summed E-state index contributed by atoms with van der Waals surface area (Å²) in [5.74, 6) is 0.847. The number of benzene rings is 2. The molecule has 0 saturated heterocycles. The van der Waals surface area contributed by atoms with Crippen molar-refractivity contribution in [3.05, 3.63) is 65.5 Å². The Balaban J connectivity index is 0.00000182. The Morgan fingerprint density at radius 2 is 1.78 bits per heavy atom. The van der Waals surface area contributed by atoms with Crippen LogP contribution in [0.3, 0.4) is 0 Å². The van der Waals surface area contributed by atoms with Gasteiger partial charge < -0.3 is 15.6 Å². The highest BCUT2D eigenvalue weighted by Gasteiger charge is 2.15. The molecule has 146 valence electrons. The molecule has 3 N–H and O–H groups in total. The maximum atomic E-state index is 12.2. The van der Waals surface area contributed by atoms with Gasteiger partial charge >= 0.3 is 0 Å². The number of halogens is 2. The number of amides is 1. The second kappa shape index (κ2) is 10.3. The van der Waals surface area contributed by atoms with E-state index >= 15 is 0 Å². The number of aryl methyl sites for hydroxylation is 3. The van der Waals surface area contributed by atoms with Gasteiger partial charge in [-0.05, 0) is 38.0 Å². The highest BCUT2D eigenvalue weighted by Crippen LogP contribution is 2.16. The lowest BCUT2D eigenvalue weighted by Crippen LogP contribution is -2.35. The molecule has 3 aromatic rings. The number of carbonyl (C=O) groups excluding carboxylic acids is 1. The molecule has 5 nitrogen and oxygen atoms in total. The molecule has 0 radical (unpaired) electrons. The van der Waals surface area contributed by atoms with Crippen molar-refractivity contribution in [2.45, 2.75) is 32.9 Å². The normalized spacial score (nSPS) is 11.4. The van der Waals surface area contributed by atoms with Crippen molar-refractivity contribution in [1.29, 1.82) is 0 Å². The zero-order chi connectivity index (χ0) is 17.8. The van der Waals surface area contributed by atoms with Crippen LogP contribution >= 0.6 is 24.8 Å². The molecule has 0 spiro atoms. The molecule has 0 aliphatic heterocycles.